The highest BCUT2D eigenvalue weighted by molar-refractivity contribution is 7.89. The zero-order valence-corrected chi connectivity index (χ0v) is 22.7. The summed E-state index contributed by atoms with van der Waals surface area (Å²) >= 11 is 0. The van der Waals surface area contributed by atoms with E-state index in [1.54, 1.807) is 12.1 Å². The van der Waals surface area contributed by atoms with E-state index in [9.17, 15) is 21.6 Å². The molecule has 1 aromatic carbocycles. The van der Waals surface area contributed by atoms with Crippen LogP contribution in [-0.2, 0) is 20.9 Å². The van der Waals surface area contributed by atoms with Crippen molar-refractivity contribution in [2.24, 2.45) is 0 Å². The normalized spacial score (nSPS) is 24.4. The quantitative estimate of drug-likeness (QED) is 0.428. The minimum Gasteiger partial charge on any atom is -0.495 e. The van der Waals surface area contributed by atoms with Crippen LogP contribution in [0.3, 0.4) is 0 Å². The van der Waals surface area contributed by atoms with Gasteiger partial charge < -0.3 is 19.8 Å². The number of fused-ring (bicyclic) bond motifs is 2. The number of halogens is 3. The molecule has 0 bridgehead atoms. The molecule has 4 aliphatic rings. The van der Waals surface area contributed by atoms with Crippen LogP contribution in [0.4, 0.5) is 24.7 Å². The molecular weight excluding hydrogens is 547 g/mol. The highest BCUT2D eigenvalue weighted by Crippen LogP contribution is 2.47. The number of ether oxygens (including phenoxy) is 2. The molecule has 2 N–H and O–H groups in total. The number of piperidine rings is 1. The Morgan fingerprint density at radius 3 is 2.52 bits per heavy atom. The lowest BCUT2D eigenvalue weighted by atomic mass is 9.89. The summed E-state index contributed by atoms with van der Waals surface area (Å²) in [7, 11) is -2.28. The molecule has 9 nitrogen and oxygen atoms in total. The Bertz CT molecular complexity index is 1560. The maximum absolute atomic E-state index is 13.6. The first-order valence-electron chi connectivity index (χ1n) is 13.6. The SMILES string of the molecule is COc1cc(S(=O)(=O)N2CCC(N3CC4OC[C@H]43)CC2)ccc1Nc1cc(C2CC2)c2c(C(F)(F)F)c[nH]c2n1. The van der Waals surface area contributed by atoms with Gasteiger partial charge in [0.15, 0.2) is 0 Å². The molecule has 7 rings (SSSR count). The average Bonchev–Trinajstić information content (AvgIpc) is 3.67. The van der Waals surface area contributed by atoms with Crippen molar-refractivity contribution in [3.8, 4) is 5.75 Å². The number of H-pyrrole nitrogens is 1. The van der Waals surface area contributed by atoms with Crippen LogP contribution in [0.25, 0.3) is 11.0 Å². The van der Waals surface area contributed by atoms with Crippen LogP contribution in [0.15, 0.2) is 35.4 Å². The van der Waals surface area contributed by atoms with E-state index in [1.165, 1.54) is 23.5 Å². The molecule has 2 aromatic heterocycles. The zero-order chi connectivity index (χ0) is 27.8. The molecule has 1 saturated carbocycles. The van der Waals surface area contributed by atoms with Gasteiger partial charge in [-0.25, -0.2) is 13.4 Å². The molecule has 13 heteroatoms. The van der Waals surface area contributed by atoms with Crippen LogP contribution in [0, 0.1) is 0 Å². The second kappa shape index (κ2) is 9.33. The van der Waals surface area contributed by atoms with Crippen molar-refractivity contribution in [1.29, 1.82) is 0 Å². The highest BCUT2D eigenvalue weighted by atomic mass is 32.2. The number of aromatic nitrogens is 2. The number of hydrogen-bond acceptors (Lipinski definition) is 7. The number of nitrogens with zero attached hydrogens (tertiary/aromatic N) is 3. The van der Waals surface area contributed by atoms with Gasteiger partial charge in [0.2, 0.25) is 10.0 Å². The second-order valence-corrected chi connectivity index (χ2v) is 13.0. The molecule has 2 atom stereocenters. The fourth-order valence-electron chi connectivity index (χ4n) is 6.23. The van der Waals surface area contributed by atoms with Crippen LogP contribution in [-0.4, -0.2) is 79.1 Å². The third-order valence-corrected chi connectivity index (χ3v) is 10.6. The number of methoxy groups -OCH3 is 1. The Hall–Kier alpha value is -2.87. The van der Waals surface area contributed by atoms with E-state index in [1.807, 2.05) is 0 Å². The van der Waals surface area contributed by atoms with Crippen molar-refractivity contribution < 1.29 is 31.1 Å². The Morgan fingerprint density at radius 1 is 1.15 bits per heavy atom. The third-order valence-electron chi connectivity index (χ3n) is 8.69. The molecule has 0 amide bonds. The molecule has 5 heterocycles. The van der Waals surface area contributed by atoms with Crippen molar-refractivity contribution in [3.05, 3.63) is 41.6 Å². The number of alkyl halides is 3. The Morgan fingerprint density at radius 2 is 1.93 bits per heavy atom. The number of nitrogens with one attached hydrogen (secondary N) is 2. The van der Waals surface area contributed by atoms with Gasteiger partial charge >= 0.3 is 6.18 Å². The van der Waals surface area contributed by atoms with Crippen LogP contribution in [0.1, 0.15) is 42.7 Å². The average molecular weight is 578 g/mol. The van der Waals surface area contributed by atoms with Gasteiger partial charge in [-0.1, -0.05) is 0 Å². The first-order valence-corrected chi connectivity index (χ1v) is 15.0. The smallest absolute Gasteiger partial charge is 0.418 e. The monoisotopic (exact) mass is 577 g/mol. The second-order valence-electron chi connectivity index (χ2n) is 11.1. The van der Waals surface area contributed by atoms with Crippen molar-refractivity contribution in [2.75, 3.05) is 38.7 Å². The van der Waals surface area contributed by atoms with E-state index in [-0.39, 0.29) is 21.8 Å². The predicted octanol–water partition coefficient (Wildman–Crippen LogP) is 4.45. The fraction of sp³-hybridized carbons (Fsp3) is 0.519. The van der Waals surface area contributed by atoms with Gasteiger partial charge in [0, 0.05) is 43.3 Å². The molecule has 0 spiro atoms. The standard InChI is InChI=1S/C27H30F3N5O4S/c1-38-22-10-17(40(36,37)34-8-6-16(7-9-34)35-13-23-21(35)14-39-23)4-5-20(22)32-24-11-18(15-2-3-15)25-19(27(28,29)30)12-31-26(25)33-24/h4-5,10-12,15-16,21,23H,2-3,6-9,13-14H2,1H3,(H2,31,32,33)/t21-,23?/m1/s1. The van der Waals surface area contributed by atoms with E-state index in [4.69, 9.17) is 9.47 Å². The lowest BCUT2D eigenvalue weighted by Crippen LogP contribution is -2.73. The first-order chi connectivity index (χ1) is 19.1. The molecule has 1 unspecified atom stereocenters. The van der Waals surface area contributed by atoms with Gasteiger partial charge in [0.05, 0.1) is 42.0 Å². The summed E-state index contributed by atoms with van der Waals surface area (Å²) < 4.78 is 80.3. The van der Waals surface area contributed by atoms with Gasteiger partial charge in [0.1, 0.15) is 17.2 Å². The summed E-state index contributed by atoms with van der Waals surface area (Å²) in [6, 6.07) is 7.13. The van der Waals surface area contributed by atoms with Gasteiger partial charge in [0.25, 0.3) is 0 Å². The van der Waals surface area contributed by atoms with E-state index >= 15 is 0 Å². The van der Waals surface area contributed by atoms with Gasteiger partial charge in [-0.05, 0) is 55.4 Å². The summed E-state index contributed by atoms with van der Waals surface area (Å²) in [6.45, 7) is 2.61. The number of aromatic amines is 1. The maximum atomic E-state index is 13.6. The van der Waals surface area contributed by atoms with Gasteiger partial charge in [-0.2, -0.15) is 17.5 Å². The van der Waals surface area contributed by atoms with Crippen molar-refractivity contribution in [2.45, 2.75) is 60.9 Å². The minimum atomic E-state index is -4.48. The van der Waals surface area contributed by atoms with E-state index in [0.29, 0.717) is 54.1 Å². The summed E-state index contributed by atoms with van der Waals surface area (Å²) in [4.78, 5) is 9.62. The number of hydrogen-bond donors (Lipinski definition) is 2. The fourth-order valence-corrected chi connectivity index (χ4v) is 7.72. The number of likely N-dealkylation sites (tertiary alicyclic amines) is 1. The van der Waals surface area contributed by atoms with E-state index < -0.39 is 21.8 Å². The van der Waals surface area contributed by atoms with Crippen LogP contribution >= 0.6 is 0 Å². The van der Waals surface area contributed by atoms with Gasteiger partial charge in [-0.3, -0.25) is 4.90 Å². The minimum absolute atomic E-state index is 0.0473. The summed E-state index contributed by atoms with van der Waals surface area (Å²) in [5, 5.41) is 3.23. The topological polar surface area (TPSA) is 99.8 Å². The number of anilines is 2. The summed E-state index contributed by atoms with van der Waals surface area (Å²) in [6.07, 6.45) is 0.0413. The predicted molar refractivity (Wildman–Crippen MR) is 141 cm³/mol. The molecular formula is C27H30F3N5O4S. The maximum Gasteiger partial charge on any atom is 0.418 e. The van der Waals surface area contributed by atoms with Crippen molar-refractivity contribution in [3.63, 3.8) is 0 Å². The summed E-state index contributed by atoms with van der Waals surface area (Å²) in [5.41, 5.74) is 0.498. The molecule has 1 aliphatic carbocycles. The molecule has 4 fully saturated rings. The Labute approximate surface area is 229 Å². The Kier molecular flexibility index (Phi) is 6.08. The third kappa shape index (κ3) is 4.34. The lowest BCUT2D eigenvalue weighted by Gasteiger charge is -2.58. The van der Waals surface area contributed by atoms with Crippen LogP contribution < -0.4 is 10.1 Å². The largest absolute Gasteiger partial charge is 0.495 e. The molecule has 3 saturated heterocycles. The number of sulfonamides is 1. The van der Waals surface area contributed by atoms with Crippen molar-refractivity contribution in [1.82, 2.24) is 19.2 Å². The molecule has 3 aromatic rings. The summed E-state index contributed by atoms with van der Waals surface area (Å²) in [5.74, 6) is 0.696. The number of rotatable bonds is 7. The molecule has 40 heavy (non-hydrogen) atoms. The van der Waals surface area contributed by atoms with E-state index in [0.717, 1.165) is 45.0 Å². The Balaban J connectivity index is 1.11. The molecule has 0 radical (unpaired) electrons. The highest BCUT2D eigenvalue weighted by Gasteiger charge is 2.50. The first kappa shape index (κ1) is 26.1. The number of pyridine rings is 1. The zero-order valence-electron chi connectivity index (χ0n) is 21.9. The van der Waals surface area contributed by atoms with Crippen LogP contribution in [0.2, 0.25) is 0 Å². The molecule has 214 valence electrons. The lowest BCUT2D eigenvalue weighted by molar-refractivity contribution is -0.229. The molecule has 3 aliphatic heterocycles. The van der Waals surface area contributed by atoms with Crippen molar-refractivity contribution >= 4 is 32.6 Å². The van der Waals surface area contributed by atoms with Crippen LogP contribution in [0.5, 0.6) is 5.75 Å². The van der Waals surface area contributed by atoms with E-state index in [2.05, 4.69) is 20.2 Å². The number of benzene rings is 1. The number of morpholine rings is 1. The van der Waals surface area contributed by atoms with Gasteiger partial charge in [-0.15, -0.1) is 0 Å².